The number of halogens is 2. The molecule has 30 heavy (non-hydrogen) atoms. The molecular weight excluding hydrogens is 438 g/mol. The minimum atomic E-state index is -0.806. The van der Waals surface area contributed by atoms with E-state index in [4.69, 9.17) is 4.74 Å². The van der Waals surface area contributed by atoms with Crippen LogP contribution in [0.1, 0.15) is 9.67 Å². The van der Waals surface area contributed by atoms with Crippen LogP contribution >= 0.6 is 22.7 Å². The average molecular weight is 454 g/mol. The van der Waals surface area contributed by atoms with Crippen LogP contribution < -0.4 is 4.90 Å². The van der Waals surface area contributed by atoms with Crippen molar-refractivity contribution in [3.8, 4) is 0 Å². The summed E-state index contributed by atoms with van der Waals surface area (Å²) in [7, 11) is 0. The van der Waals surface area contributed by atoms with Gasteiger partial charge in [0.1, 0.15) is 11.3 Å². The first kappa shape index (κ1) is 20.7. The Hall–Kier alpha value is -2.54. The molecule has 2 aromatic heterocycles. The van der Waals surface area contributed by atoms with Crippen LogP contribution in [0.2, 0.25) is 0 Å². The number of ether oxygens (including phenoxy) is 1. The van der Waals surface area contributed by atoms with Crippen molar-refractivity contribution in [3.63, 3.8) is 0 Å². The van der Waals surface area contributed by atoms with Crippen molar-refractivity contribution in [1.82, 2.24) is 9.88 Å². The van der Waals surface area contributed by atoms with Crippen LogP contribution in [0.4, 0.5) is 18.9 Å². The van der Waals surface area contributed by atoms with Crippen LogP contribution in [-0.4, -0.2) is 60.1 Å². The number of aromatic nitrogens is 1. The van der Waals surface area contributed by atoms with Gasteiger partial charge in [0.15, 0.2) is 10.9 Å². The first-order valence-electron chi connectivity index (χ1n) is 9.04. The Morgan fingerprint density at radius 1 is 1.27 bits per heavy atom. The van der Waals surface area contributed by atoms with E-state index in [9.17, 15) is 23.7 Å². The number of thiophene rings is 1. The number of morpholine rings is 1. The molecule has 1 aliphatic heterocycles. The zero-order chi connectivity index (χ0) is 21.3. The largest absolute Gasteiger partial charge is 0.379 e. The Morgan fingerprint density at radius 2 is 2.03 bits per heavy atom. The number of fused-ring (bicyclic) bond motifs is 1. The van der Waals surface area contributed by atoms with Gasteiger partial charge >= 0.3 is 5.00 Å². The number of anilines is 1. The zero-order valence-corrected chi connectivity index (χ0v) is 17.2. The monoisotopic (exact) mass is 454 g/mol. The number of nitro groups is 1. The fourth-order valence-electron chi connectivity index (χ4n) is 3.08. The summed E-state index contributed by atoms with van der Waals surface area (Å²) in [5, 5.41) is 11.0. The van der Waals surface area contributed by atoms with Crippen molar-refractivity contribution in [2.45, 2.75) is 0 Å². The molecular formula is C18H16F2N4O4S2. The molecule has 0 atom stereocenters. The highest BCUT2D eigenvalue weighted by molar-refractivity contribution is 7.22. The second-order valence-electron chi connectivity index (χ2n) is 6.54. The third-order valence-corrected chi connectivity index (χ3v) is 6.65. The first-order valence-corrected chi connectivity index (χ1v) is 10.7. The molecule has 1 amide bonds. The molecule has 0 saturated carbocycles. The van der Waals surface area contributed by atoms with Crippen LogP contribution in [0.25, 0.3) is 10.2 Å². The number of hydrogen-bond acceptors (Lipinski definition) is 8. The lowest BCUT2D eigenvalue weighted by Crippen LogP contribution is -2.43. The predicted octanol–water partition coefficient (Wildman–Crippen LogP) is 3.52. The van der Waals surface area contributed by atoms with E-state index >= 15 is 0 Å². The van der Waals surface area contributed by atoms with Crippen molar-refractivity contribution in [2.24, 2.45) is 0 Å². The highest BCUT2D eigenvalue weighted by atomic mass is 32.1. The molecule has 3 heterocycles. The summed E-state index contributed by atoms with van der Waals surface area (Å²) >= 11 is 1.76. The quantitative estimate of drug-likeness (QED) is 0.418. The molecule has 8 nitrogen and oxygen atoms in total. The molecule has 1 fully saturated rings. The topological polar surface area (TPSA) is 88.8 Å². The van der Waals surface area contributed by atoms with Crippen LogP contribution in [0.3, 0.4) is 0 Å². The molecule has 0 N–H and O–H groups in total. The Morgan fingerprint density at radius 3 is 2.73 bits per heavy atom. The Labute approximate surface area is 177 Å². The standard InChI is InChI=1S/C18H16F2N4O4S2/c19-11-9-12(20)16-14(10-11)30-18(21-16)23(4-3-22-5-7-28-8-6-22)17(25)13-1-2-15(29-13)24(26)27/h1-2,9-10H,3-8H2. The molecule has 158 valence electrons. The van der Waals surface area contributed by atoms with Gasteiger partial charge in [0.25, 0.3) is 5.91 Å². The van der Waals surface area contributed by atoms with Crippen LogP contribution in [0.5, 0.6) is 0 Å². The maximum atomic E-state index is 14.1. The Kier molecular flexibility index (Phi) is 5.99. The van der Waals surface area contributed by atoms with Gasteiger partial charge in [0, 0.05) is 38.3 Å². The lowest BCUT2D eigenvalue weighted by Gasteiger charge is -2.29. The highest BCUT2D eigenvalue weighted by Crippen LogP contribution is 2.33. The second-order valence-corrected chi connectivity index (χ2v) is 8.61. The van der Waals surface area contributed by atoms with Crippen molar-refractivity contribution in [2.75, 3.05) is 44.3 Å². The third kappa shape index (κ3) is 4.31. The van der Waals surface area contributed by atoms with E-state index in [0.717, 1.165) is 28.7 Å². The predicted molar refractivity (Wildman–Crippen MR) is 109 cm³/mol. The highest BCUT2D eigenvalue weighted by Gasteiger charge is 2.26. The van der Waals surface area contributed by atoms with E-state index in [-0.39, 0.29) is 31.8 Å². The van der Waals surface area contributed by atoms with Crippen molar-refractivity contribution in [1.29, 1.82) is 0 Å². The van der Waals surface area contributed by atoms with Crippen LogP contribution in [0, 0.1) is 21.7 Å². The maximum absolute atomic E-state index is 14.1. The molecule has 1 saturated heterocycles. The van der Waals surface area contributed by atoms with E-state index in [1.54, 1.807) is 0 Å². The molecule has 0 unspecified atom stereocenters. The summed E-state index contributed by atoms with van der Waals surface area (Å²) in [4.78, 5) is 31.5. The van der Waals surface area contributed by atoms with Gasteiger partial charge in [-0.25, -0.2) is 13.8 Å². The van der Waals surface area contributed by atoms with Crippen LogP contribution in [-0.2, 0) is 4.74 Å². The lowest BCUT2D eigenvalue weighted by atomic mass is 10.3. The molecule has 0 bridgehead atoms. The number of carbonyl (C=O) groups excluding carboxylic acids is 1. The summed E-state index contributed by atoms with van der Waals surface area (Å²) in [6.45, 7) is 3.38. The molecule has 1 aromatic carbocycles. The fraction of sp³-hybridized carbons (Fsp3) is 0.333. The molecule has 12 heteroatoms. The van der Waals surface area contributed by atoms with E-state index in [1.807, 2.05) is 0 Å². The number of amides is 1. The third-order valence-electron chi connectivity index (χ3n) is 4.60. The number of benzene rings is 1. The fourth-order valence-corrected chi connectivity index (χ4v) is 4.88. The molecule has 1 aliphatic rings. The maximum Gasteiger partial charge on any atom is 0.324 e. The number of thiazole rings is 1. The first-order chi connectivity index (χ1) is 14.4. The van der Waals surface area contributed by atoms with Gasteiger partial charge < -0.3 is 4.74 Å². The van der Waals surface area contributed by atoms with Crippen molar-refractivity contribution in [3.05, 3.63) is 50.9 Å². The van der Waals surface area contributed by atoms with E-state index in [2.05, 4.69) is 9.88 Å². The summed E-state index contributed by atoms with van der Waals surface area (Å²) in [6.07, 6.45) is 0. The van der Waals surface area contributed by atoms with Gasteiger partial charge in [0.05, 0.1) is 27.7 Å². The number of hydrogen-bond donors (Lipinski definition) is 0. The van der Waals surface area contributed by atoms with E-state index in [1.165, 1.54) is 23.1 Å². The van der Waals surface area contributed by atoms with Gasteiger partial charge in [-0.3, -0.25) is 24.7 Å². The smallest absolute Gasteiger partial charge is 0.324 e. The van der Waals surface area contributed by atoms with E-state index in [0.29, 0.717) is 32.8 Å². The minimum Gasteiger partial charge on any atom is -0.379 e. The molecule has 3 aromatic rings. The molecule has 4 rings (SSSR count). The molecule has 0 aliphatic carbocycles. The SMILES string of the molecule is O=C(c1ccc([N+](=O)[O-])s1)N(CCN1CCOCC1)c1nc2c(F)cc(F)cc2s1. The van der Waals surface area contributed by atoms with Gasteiger partial charge in [-0.05, 0) is 12.1 Å². The molecule has 0 spiro atoms. The average Bonchev–Trinajstić information content (AvgIpc) is 3.36. The number of nitrogens with zero attached hydrogens (tertiary/aromatic N) is 4. The van der Waals surface area contributed by atoms with Gasteiger partial charge in [-0.2, -0.15) is 0 Å². The summed E-state index contributed by atoms with van der Waals surface area (Å²) in [6, 6.07) is 4.57. The Bertz CT molecular complexity index is 1100. The van der Waals surface area contributed by atoms with Gasteiger partial charge in [0.2, 0.25) is 0 Å². The summed E-state index contributed by atoms with van der Waals surface area (Å²) < 4.78 is 33.3. The number of carbonyl (C=O) groups is 1. The minimum absolute atomic E-state index is 0.0160. The Balaban J connectivity index is 1.66. The summed E-state index contributed by atoms with van der Waals surface area (Å²) in [5.74, 6) is -2.00. The van der Waals surface area contributed by atoms with Crippen molar-refractivity contribution >= 4 is 48.9 Å². The van der Waals surface area contributed by atoms with Crippen LogP contribution in [0.15, 0.2) is 24.3 Å². The number of rotatable bonds is 6. The van der Waals surface area contributed by atoms with E-state index < -0.39 is 22.5 Å². The summed E-state index contributed by atoms with van der Waals surface area (Å²) in [5.41, 5.74) is -0.0160. The van der Waals surface area contributed by atoms with Gasteiger partial charge in [-0.15, -0.1) is 0 Å². The lowest BCUT2D eigenvalue weighted by molar-refractivity contribution is -0.380. The molecule has 0 radical (unpaired) electrons. The second kappa shape index (κ2) is 8.68. The normalized spacial score (nSPS) is 14.9. The zero-order valence-electron chi connectivity index (χ0n) is 15.5. The van der Waals surface area contributed by atoms with Crippen molar-refractivity contribution < 1.29 is 23.2 Å². The van der Waals surface area contributed by atoms with Gasteiger partial charge in [-0.1, -0.05) is 22.7 Å².